The number of benzene rings is 2. The van der Waals surface area contributed by atoms with Crippen LogP contribution in [0.1, 0.15) is 18.5 Å². The lowest BCUT2D eigenvalue weighted by Crippen LogP contribution is -2.38. The van der Waals surface area contributed by atoms with Crippen molar-refractivity contribution in [1.29, 1.82) is 0 Å². The van der Waals surface area contributed by atoms with Gasteiger partial charge in [0.1, 0.15) is 28.4 Å². The summed E-state index contributed by atoms with van der Waals surface area (Å²) in [5, 5.41) is 4.35. The Labute approximate surface area is 192 Å². The second-order valence-corrected chi connectivity index (χ2v) is 9.85. The molecule has 1 atom stereocenters. The molecule has 0 aliphatic carbocycles. The number of hydrogen-bond donors (Lipinski definition) is 2. The topological polar surface area (TPSA) is 89.6 Å². The Balaban J connectivity index is 1.54. The van der Waals surface area contributed by atoms with Crippen LogP contribution in [-0.4, -0.2) is 32.7 Å². The summed E-state index contributed by atoms with van der Waals surface area (Å²) in [5.74, 6) is -0.942. The van der Waals surface area contributed by atoms with Crippen molar-refractivity contribution in [2.75, 3.05) is 23.3 Å². The van der Waals surface area contributed by atoms with Crippen molar-refractivity contribution in [2.45, 2.75) is 24.0 Å². The first-order valence-electron chi connectivity index (χ1n) is 9.43. The van der Waals surface area contributed by atoms with E-state index >= 15 is 0 Å². The third-order valence-electron chi connectivity index (χ3n) is 4.70. The first kappa shape index (κ1) is 22.7. The molecule has 0 radical (unpaired) electrons. The third kappa shape index (κ3) is 4.96. The Kier molecular flexibility index (Phi) is 6.52. The monoisotopic (exact) mass is 501 g/mol. The second kappa shape index (κ2) is 9.18. The highest BCUT2D eigenvalue weighted by Gasteiger charge is 2.24. The van der Waals surface area contributed by atoms with Crippen LogP contribution in [0.3, 0.4) is 0 Å². The van der Waals surface area contributed by atoms with E-state index in [9.17, 15) is 17.2 Å². The van der Waals surface area contributed by atoms with Crippen LogP contribution in [0.15, 0.2) is 46.1 Å². The second-order valence-electron chi connectivity index (χ2n) is 7.07. The van der Waals surface area contributed by atoms with Gasteiger partial charge in [0.25, 0.3) is 10.0 Å². The molecule has 0 amide bonds. The maximum atomic E-state index is 14.7. The van der Waals surface area contributed by atoms with Crippen molar-refractivity contribution < 1.29 is 26.7 Å². The molecule has 12 heteroatoms. The van der Waals surface area contributed by atoms with Gasteiger partial charge in [-0.1, -0.05) is 11.6 Å². The van der Waals surface area contributed by atoms with Gasteiger partial charge < -0.3 is 14.8 Å². The SMILES string of the molecule is C[C@H](Nc1cc(F)c(S(=O)(=O)Nc2cscn2)cc1Cl)c1cc(OC2COC2)ccc1F. The third-order valence-corrected chi connectivity index (χ3v) is 6.97. The quantitative estimate of drug-likeness (QED) is 0.459. The average Bonchev–Trinajstić information content (AvgIpc) is 3.20. The summed E-state index contributed by atoms with van der Waals surface area (Å²) < 4.78 is 67.0. The van der Waals surface area contributed by atoms with Crippen LogP contribution in [0.2, 0.25) is 5.02 Å². The van der Waals surface area contributed by atoms with Gasteiger partial charge in [-0.25, -0.2) is 22.2 Å². The maximum absolute atomic E-state index is 14.7. The number of thiazole rings is 1. The summed E-state index contributed by atoms with van der Waals surface area (Å²) >= 11 is 7.41. The summed E-state index contributed by atoms with van der Waals surface area (Å²) in [6, 6.07) is 5.68. The van der Waals surface area contributed by atoms with Gasteiger partial charge in [0.05, 0.1) is 35.5 Å². The maximum Gasteiger partial charge on any atom is 0.266 e. The first-order valence-corrected chi connectivity index (χ1v) is 12.2. The lowest BCUT2D eigenvalue weighted by molar-refractivity contribution is -0.0797. The number of nitrogens with zero attached hydrogens (tertiary/aromatic N) is 1. The highest BCUT2D eigenvalue weighted by atomic mass is 35.5. The molecule has 32 heavy (non-hydrogen) atoms. The molecule has 3 aromatic rings. The van der Waals surface area contributed by atoms with E-state index < -0.39 is 32.6 Å². The van der Waals surface area contributed by atoms with E-state index in [4.69, 9.17) is 21.1 Å². The van der Waals surface area contributed by atoms with Gasteiger partial charge in [-0.3, -0.25) is 4.72 Å². The van der Waals surface area contributed by atoms with E-state index in [-0.39, 0.29) is 28.2 Å². The summed E-state index contributed by atoms with van der Waals surface area (Å²) in [4.78, 5) is 3.19. The highest BCUT2D eigenvalue weighted by Crippen LogP contribution is 2.33. The number of halogens is 3. The predicted octanol–water partition coefficient (Wildman–Crippen LogP) is 4.83. The van der Waals surface area contributed by atoms with E-state index in [1.807, 2.05) is 0 Å². The van der Waals surface area contributed by atoms with Crippen LogP contribution in [-0.2, 0) is 14.8 Å². The molecule has 2 heterocycles. The normalized spacial score (nSPS) is 15.1. The van der Waals surface area contributed by atoms with E-state index in [2.05, 4.69) is 15.0 Å². The van der Waals surface area contributed by atoms with Crippen molar-refractivity contribution >= 4 is 44.5 Å². The number of nitrogens with one attached hydrogen (secondary N) is 2. The zero-order valence-electron chi connectivity index (χ0n) is 16.6. The predicted molar refractivity (Wildman–Crippen MR) is 118 cm³/mol. The molecule has 1 saturated heterocycles. The molecule has 2 N–H and O–H groups in total. The number of hydrogen-bond acceptors (Lipinski definition) is 7. The minimum absolute atomic E-state index is 0.0451. The summed E-state index contributed by atoms with van der Waals surface area (Å²) in [6.07, 6.45) is -0.0764. The van der Waals surface area contributed by atoms with Gasteiger partial charge in [-0.15, -0.1) is 11.3 Å². The minimum Gasteiger partial charge on any atom is -0.486 e. The van der Waals surface area contributed by atoms with Crippen LogP contribution < -0.4 is 14.8 Å². The van der Waals surface area contributed by atoms with E-state index in [0.29, 0.717) is 19.0 Å². The van der Waals surface area contributed by atoms with Crippen LogP contribution in [0.25, 0.3) is 0 Å². The molecule has 7 nitrogen and oxygen atoms in total. The molecule has 1 fully saturated rings. The van der Waals surface area contributed by atoms with Crippen LogP contribution in [0.5, 0.6) is 5.75 Å². The fourth-order valence-corrected chi connectivity index (χ4v) is 4.94. The van der Waals surface area contributed by atoms with E-state index in [0.717, 1.165) is 12.1 Å². The number of ether oxygens (including phenoxy) is 2. The molecular weight excluding hydrogens is 484 g/mol. The molecule has 1 aliphatic rings. The first-order chi connectivity index (χ1) is 15.2. The Hall–Kier alpha value is -2.47. The largest absolute Gasteiger partial charge is 0.486 e. The standard InChI is InChI=1S/C20H18ClF2N3O4S2/c1-11(14-4-12(2-3-16(14)22)30-13-7-29-8-13)25-18-6-17(23)19(5-15(18)21)32(27,28)26-20-9-31-10-24-20/h2-6,9-11,13,25-26H,7-8H2,1H3/t11-/m0/s1. The van der Waals surface area contributed by atoms with Crippen molar-refractivity contribution in [1.82, 2.24) is 4.98 Å². The van der Waals surface area contributed by atoms with Crippen molar-refractivity contribution in [2.24, 2.45) is 0 Å². The molecule has 4 rings (SSSR count). The van der Waals surface area contributed by atoms with Gasteiger partial charge >= 0.3 is 0 Å². The van der Waals surface area contributed by atoms with Crippen molar-refractivity contribution in [3.8, 4) is 5.75 Å². The number of rotatable bonds is 8. The van der Waals surface area contributed by atoms with Crippen molar-refractivity contribution in [3.63, 3.8) is 0 Å². The zero-order chi connectivity index (χ0) is 22.9. The summed E-state index contributed by atoms with van der Waals surface area (Å²) in [7, 11) is -4.23. The lowest BCUT2D eigenvalue weighted by atomic mass is 10.1. The average molecular weight is 502 g/mol. The van der Waals surface area contributed by atoms with E-state index in [1.165, 1.54) is 34.4 Å². The molecule has 0 bridgehead atoms. The number of sulfonamides is 1. The van der Waals surface area contributed by atoms with Crippen LogP contribution in [0, 0.1) is 11.6 Å². The summed E-state index contributed by atoms with van der Waals surface area (Å²) in [6.45, 7) is 2.61. The smallest absolute Gasteiger partial charge is 0.266 e. The molecule has 170 valence electrons. The molecule has 0 spiro atoms. The molecule has 2 aromatic carbocycles. The van der Waals surface area contributed by atoms with E-state index in [1.54, 1.807) is 13.0 Å². The van der Waals surface area contributed by atoms with Gasteiger partial charge in [0.2, 0.25) is 0 Å². The van der Waals surface area contributed by atoms with Gasteiger partial charge in [-0.05, 0) is 37.3 Å². The van der Waals surface area contributed by atoms with Crippen LogP contribution in [0.4, 0.5) is 20.3 Å². The molecule has 1 aromatic heterocycles. The summed E-state index contributed by atoms with van der Waals surface area (Å²) in [5.41, 5.74) is 1.83. The van der Waals surface area contributed by atoms with Gasteiger partial charge in [0.15, 0.2) is 5.82 Å². The van der Waals surface area contributed by atoms with Crippen molar-refractivity contribution in [3.05, 3.63) is 63.4 Å². The Morgan fingerprint density at radius 2 is 2.03 bits per heavy atom. The fraction of sp³-hybridized carbons (Fsp3) is 0.250. The lowest BCUT2D eigenvalue weighted by Gasteiger charge is -2.27. The van der Waals surface area contributed by atoms with Crippen LogP contribution >= 0.6 is 22.9 Å². The van der Waals surface area contributed by atoms with Gasteiger partial charge in [-0.2, -0.15) is 0 Å². The zero-order valence-corrected chi connectivity index (χ0v) is 19.0. The number of aromatic nitrogens is 1. The Morgan fingerprint density at radius 3 is 2.69 bits per heavy atom. The molecule has 1 aliphatic heterocycles. The molecule has 0 saturated carbocycles. The Morgan fingerprint density at radius 1 is 1.25 bits per heavy atom. The molecular formula is C20H18ClF2N3O4S2. The number of anilines is 2. The van der Waals surface area contributed by atoms with Gasteiger partial charge in [0, 0.05) is 10.9 Å². The highest BCUT2D eigenvalue weighted by molar-refractivity contribution is 7.92. The fourth-order valence-electron chi connectivity index (χ4n) is 3.01. The minimum atomic E-state index is -4.23. The molecule has 0 unspecified atom stereocenters. The Bertz CT molecular complexity index is 1220.